The van der Waals surface area contributed by atoms with Crippen LogP contribution in [0.15, 0.2) is 48.8 Å². The van der Waals surface area contributed by atoms with Gasteiger partial charge < -0.3 is 5.32 Å². The number of aromatic nitrogens is 3. The van der Waals surface area contributed by atoms with Gasteiger partial charge in [0.05, 0.1) is 23.1 Å². The summed E-state index contributed by atoms with van der Waals surface area (Å²) < 4.78 is 40.3. The summed E-state index contributed by atoms with van der Waals surface area (Å²) in [6.07, 6.45) is -1.44. The summed E-state index contributed by atoms with van der Waals surface area (Å²) in [6.45, 7) is 3.38. The van der Waals surface area contributed by atoms with Crippen molar-refractivity contribution in [3.63, 3.8) is 0 Å². The Hall–Kier alpha value is -3.16. The van der Waals surface area contributed by atoms with Gasteiger partial charge in [0.15, 0.2) is 0 Å². The fourth-order valence-corrected chi connectivity index (χ4v) is 2.50. The van der Waals surface area contributed by atoms with Crippen molar-refractivity contribution in [3.05, 3.63) is 65.7 Å². The number of amides is 1. The first-order valence-electron chi connectivity index (χ1n) is 7.72. The summed E-state index contributed by atoms with van der Waals surface area (Å²) in [5.41, 5.74) is 0.973. The van der Waals surface area contributed by atoms with E-state index in [2.05, 4.69) is 15.3 Å². The van der Waals surface area contributed by atoms with Crippen LogP contribution >= 0.6 is 0 Å². The van der Waals surface area contributed by atoms with Crippen molar-refractivity contribution >= 4 is 11.7 Å². The van der Waals surface area contributed by atoms with E-state index in [1.165, 1.54) is 22.9 Å². The number of nitrogens with zero attached hydrogens (tertiary/aromatic N) is 3. The van der Waals surface area contributed by atoms with Crippen LogP contribution in [0.4, 0.5) is 23.7 Å². The maximum Gasteiger partial charge on any atom is 0.416 e. The van der Waals surface area contributed by atoms with Gasteiger partial charge in [-0.3, -0.25) is 4.98 Å². The largest absolute Gasteiger partial charge is 0.416 e. The highest BCUT2D eigenvalue weighted by molar-refractivity contribution is 5.94. The molecule has 0 spiro atoms. The minimum Gasteiger partial charge on any atom is -0.306 e. The normalized spacial score (nSPS) is 11.4. The van der Waals surface area contributed by atoms with Crippen molar-refractivity contribution in [1.29, 1.82) is 0 Å². The number of halogens is 3. The van der Waals surface area contributed by atoms with Gasteiger partial charge in [-0.15, -0.1) is 0 Å². The predicted octanol–water partition coefficient (Wildman–Crippen LogP) is 4.66. The van der Waals surface area contributed by atoms with Crippen molar-refractivity contribution < 1.29 is 18.0 Å². The molecule has 3 rings (SSSR count). The molecule has 0 radical (unpaired) electrons. The molecular weight excluding hydrogens is 345 g/mol. The molecule has 0 atom stereocenters. The Morgan fingerprint density at radius 3 is 2.58 bits per heavy atom. The van der Waals surface area contributed by atoms with Gasteiger partial charge in [0.1, 0.15) is 5.82 Å². The van der Waals surface area contributed by atoms with Crippen LogP contribution < -0.4 is 5.32 Å². The highest BCUT2D eigenvalue weighted by Crippen LogP contribution is 2.32. The van der Waals surface area contributed by atoms with Gasteiger partial charge in [0.25, 0.3) is 0 Å². The van der Waals surface area contributed by atoms with Crippen molar-refractivity contribution in [2.45, 2.75) is 20.0 Å². The van der Waals surface area contributed by atoms with Gasteiger partial charge in [-0.05, 0) is 38.1 Å². The first kappa shape index (κ1) is 17.7. The number of carbonyl (C=O) groups is 1. The molecule has 0 aliphatic rings. The molecule has 0 unspecified atom stereocenters. The Bertz CT molecular complexity index is 949. The first-order chi connectivity index (χ1) is 12.3. The molecule has 0 fully saturated rings. The number of pyridine rings is 1. The standard InChI is InChI=1S/C18H15F3N4O/c1-11-12(2)25(17(26)24-15-7-4-8-22-10-15)16(23-11)13-5-3-6-14(9-13)18(19,20)21/h3-10H,1-2H3,(H,24,26). The molecule has 2 aromatic heterocycles. The number of anilines is 1. The number of imidazole rings is 1. The highest BCUT2D eigenvalue weighted by Gasteiger charge is 2.31. The van der Waals surface area contributed by atoms with E-state index in [0.29, 0.717) is 17.1 Å². The molecule has 1 N–H and O–H groups in total. The Balaban J connectivity index is 2.05. The van der Waals surface area contributed by atoms with E-state index in [9.17, 15) is 18.0 Å². The third-order valence-corrected chi connectivity index (χ3v) is 3.91. The summed E-state index contributed by atoms with van der Waals surface area (Å²) in [5, 5.41) is 2.67. The lowest BCUT2D eigenvalue weighted by Crippen LogP contribution is -2.21. The fourth-order valence-electron chi connectivity index (χ4n) is 2.50. The molecule has 8 heteroatoms. The van der Waals surface area contributed by atoms with E-state index in [4.69, 9.17) is 0 Å². The number of carbonyl (C=O) groups excluding carboxylic acids is 1. The maximum atomic E-state index is 13.0. The minimum absolute atomic E-state index is 0.146. The van der Waals surface area contributed by atoms with E-state index in [1.54, 1.807) is 32.2 Å². The van der Waals surface area contributed by atoms with Gasteiger partial charge in [-0.1, -0.05) is 12.1 Å². The van der Waals surface area contributed by atoms with Crippen LogP contribution in [0.25, 0.3) is 11.4 Å². The van der Waals surface area contributed by atoms with Crippen LogP contribution in [0.3, 0.4) is 0 Å². The average Bonchev–Trinajstić information content (AvgIpc) is 2.90. The van der Waals surface area contributed by atoms with Crippen LogP contribution in [-0.2, 0) is 6.18 Å². The molecule has 0 aliphatic heterocycles. The minimum atomic E-state index is -4.48. The fraction of sp³-hybridized carbons (Fsp3) is 0.167. The molecular formula is C18H15F3N4O. The lowest BCUT2D eigenvalue weighted by molar-refractivity contribution is -0.137. The van der Waals surface area contributed by atoms with Crippen molar-refractivity contribution in [2.75, 3.05) is 5.32 Å². The average molecular weight is 360 g/mol. The molecule has 0 bridgehead atoms. The third kappa shape index (κ3) is 3.44. The molecule has 2 heterocycles. The number of benzene rings is 1. The number of hydrogen-bond donors (Lipinski definition) is 1. The van der Waals surface area contributed by atoms with Gasteiger partial charge in [0, 0.05) is 17.5 Å². The highest BCUT2D eigenvalue weighted by atomic mass is 19.4. The maximum absolute atomic E-state index is 13.0. The second-order valence-corrected chi connectivity index (χ2v) is 5.69. The number of rotatable bonds is 2. The monoisotopic (exact) mass is 360 g/mol. The van der Waals surface area contributed by atoms with Crippen molar-refractivity contribution in [3.8, 4) is 11.4 Å². The Labute approximate surface area is 147 Å². The zero-order valence-corrected chi connectivity index (χ0v) is 14.0. The van der Waals surface area contributed by atoms with E-state index in [0.717, 1.165) is 12.1 Å². The third-order valence-electron chi connectivity index (χ3n) is 3.91. The van der Waals surface area contributed by atoms with E-state index < -0.39 is 17.8 Å². The van der Waals surface area contributed by atoms with Gasteiger partial charge in [-0.2, -0.15) is 13.2 Å². The van der Waals surface area contributed by atoms with Gasteiger partial charge >= 0.3 is 12.2 Å². The Morgan fingerprint density at radius 1 is 1.15 bits per heavy atom. The topological polar surface area (TPSA) is 59.8 Å². The SMILES string of the molecule is Cc1nc(-c2cccc(C(F)(F)F)c2)n(C(=O)Nc2cccnc2)c1C. The first-order valence-corrected chi connectivity index (χ1v) is 7.72. The summed E-state index contributed by atoms with van der Waals surface area (Å²) in [5.74, 6) is 0.146. The Kier molecular flexibility index (Phi) is 4.50. The zero-order valence-electron chi connectivity index (χ0n) is 14.0. The zero-order chi connectivity index (χ0) is 18.9. The van der Waals surface area contributed by atoms with Crippen LogP contribution in [0, 0.1) is 13.8 Å². The predicted molar refractivity (Wildman–Crippen MR) is 90.8 cm³/mol. The smallest absolute Gasteiger partial charge is 0.306 e. The van der Waals surface area contributed by atoms with Gasteiger partial charge in [0.2, 0.25) is 0 Å². The number of hydrogen-bond acceptors (Lipinski definition) is 3. The number of alkyl halides is 3. The summed E-state index contributed by atoms with van der Waals surface area (Å²) >= 11 is 0. The van der Waals surface area contributed by atoms with E-state index in [-0.39, 0.29) is 11.4 Å². The van der Waals surface area contributed by atoms with Crippen molar-refractivity contribution in [1.82, 2.24) is 14.5 Å². The van der Waals surface area contributed by atoms with Crippen LogP contribution in [0.2, 0.25) is 0 Å². The van der Waals surface area contributed by atoms with E-state index in [1.807, 2.05) is 0 Å². The number of aryl methyl sites for hydroxylation is 1. The van der Waals surface area contributed by atoms with Gasteiger partial charge in [-0.25, -0.2) is 14.3 Å². The Morgan fingerprint density at radius 2 is 1.92 bits per heavy atom. The molecule has 26 heavy (non-hydrogen) atoms. The molecule has 3 aromatic rings. The summed E-state index contributed by atoms with van der Waals surface area (Å²) in [7, 11) is 0. The molecule has 1 aromatic carbocycles. The molecule has 1 amide bonds. The van der Waals surface area contributed by atoms with Crippen LogP contribution in [0.5, 0.6) is 0 Å². The molecule has 0 saturated carbocycles. The number of nitrogens with one attached hydrogen (secondary N) is 1. The van der Waals surface area contributed by atoms with Crippen LogP contribution in [-0.4, -0.2) is 20.6 Å². The second kappa shape index (κ2) is 6.62. The molecule has 5 nitrogen and oxygen atoms in total. The lowest BCUT2D eigenvalue weighted by atomic mass is 10.1. The molecule has 0 saturated heterocycles. The quantitative estimate of drug-likeness (QED) is 0.723. The summed E-state index contributed by atoms with van der Waals surface area (Å²) in [4.78, 5) is 20.9. The van der Waals surface area contributed by atoms with Crippen LogP contribution in [0.1, 0.15) is 17.0 Å². The second-order valence-electron chi connectivity index (χ2n) is 5.69. The summed E-state index contributed by atoms with van der Waals surface area (Å²) in [6, 6.07) is 7.54. The van der Waals surface area contributed by atoms with E-state index >= 15 is 0 Å². The van der Waals surface area contributed by atoms with Crippen molar-refractivity contribution in [2.24, 2.45) is 0 Å². The molecule has 0 aliphatic carbocycles. The lowest BCUT2D eigenvalue weighted by Gasteiger charge is -2.12. The molecule has 134 valence electrons.